The van der Waals surface area contributed by atoms with Crippen LogP contribution in [0.15, 0.2) is 39.6 Å². The molecule has 0 saturated heterocycles. The zero-order chi connectivity index (χ0) is 13.7. The lowest BCUT2D eigenvalue weighted by Crippen LogP contribution is -2.10. The van der Waals surface area contributed by atoms with E-state index in [0.29, 0.717) is 17.2 Å². The first-order chi connectivity index (χ1) is 9.19. The summed E-state index contributed by atoms with van der Waals surface area (Å²) in [5, 5.41) is 3.17. The Labute approximate surface area is 115 Å². The number of thioether (sulfide) groups is 1. The van der Waals surface area contributed by atoms with Crippen molar-refractivity contribution < 1.29 is 13.2 Å². The maximum Gasteiger partial charge on any atom is 0.159 e. The lowest BCUT2D eigenvalue weighted by Gasteiger charge is -2.01. The second kappa shape index (κ2) is 6.73. The summed E-state index contributed by atoms with van der Waals surface area (Å²) in [4.78, 5) is 0.684. The molecular formula is C14H15F2NOS. The number of halogens is 2. The number of furan rings is 1. The van der Waals surface area contributed by atoms with Crippen LogP contribution in [-0.4, -0.2) is 6.54 Å². The Balaban J connectivity index is 1.91. The van der Waals surface area contributed by atoms with Gasteiger partial charge in [-0.1, -0.05) is 6.92 Å². The summed E-state index contributed by atoms with van der Waals surface area (Å²) in [5.74, 6) is 0.648. The van der Waals surface area contributed by atoms with Crippen LogP contribution in [0.1, 0.15) is 18.4 Å². The summed E-state index contributed by atoms with van der Waals surface area (Å²) in [6.07, 6.45) is 0. The van der Waals surface area contributed by atoms with E-state index >= 15 is 0 Å². The summed E-state index contributed by atoms with van der Waals surface area (Å²) in [7, 11) is 0. The lowest BCUT2D eigenvalue weighted by molar-refractivity contribution is 0.463. The molecule has 0 atom stereocenters. The second-order valence-corrected chi connectivity index (χ2v) is 5.06. The van der Waals surface area contributed by atoms with E-state index in [4.69, 9.17) is 4.42 Å². The van der Waals surface area contributed by atoms with Gasteiger partial charge in [0.05, 0.1) is 12.3 Å². The van der Waals surface area contributed by atoms with Gasteiger partial charge in [0.2, 0.25) is 0 Å². The van der Waals surface area contributed by atoms with Crippen LogP contribution in [0.3, 0.4) is 0 Å². The fourth-order valence-electron chi connectivity index (χ4n) is 1.56. The Morgan fingerprint density at radius 3 is 2.63 bits per heavy atom. The largest absolute Gasteiger partial charge is 0.464 e. The van der Waals surface area contributed by atoms with Crippen molar-refractivity contribution in [3.05, 3.63) is 53.5 Å². The van der Waals surface area contributed by atoms with Gasteiger partial charge in [-0.25, -0.2) is 8.78 Å². The zero-order valence-electron chi connectivity index (χ0n) is 10.6. The molecule has 2 aromatic rings. The first-order valence-electron chi connectivity index (χ1n) is 6.05. The van der Waals surface area contributed by atoms with E-state index in [1.165, 1.54) is 17.8 Å². The Kier molecular flexibility index (Phi) is 4.99. The molecule has 1 heterocycles. The topological polar surface area (TPSA) is 25.2 Å². The molecule has 2 rings (SSSR count). The molecule has 5 heteroatoms. The van der Waals surface area contributed by atoms with Crippen molar-refractivity contribution in [3.63, 3.8) is 0 Å². The van der Waals surface area contributed by atoms with E-state index < -0.39 is 11.6 Å². The molecule has 0 spiro atoms. The van der Waals surface area contributed by atoms with Crippen LogP contribution in [-0.2, 0) is 12.3 Å². The van der Waals surface area contributed by atoms with Crippen LogP contribution in [0.2, 0.25) is 0 Å². The lowest BCUT2D eigenvalue weighted by atomic mass is 10.3. The Hall–Kier alpha value is -1.33. The molecule has 0 aliphatic carbocycles. The second-order valence-electron chi connectivity index (χ2n) is 4.01. The smallest absolute Gasteiger partial charge is 0.159 e. The quantitative estimate of drug-likeness (QED) is 0.812. The molecular weight excluding hydrogens is 268 g/mol. The molecule has 0 fully saturated rings. The predicted molar refractivity (Wildman–Crippen MR) is 72.0 cm³/mol. The molecule has 0 aliphatic heterocycles. The summed E-state index contributed by atoms with van der Waals surface area (Å²) in [6.45, 7) is 3.62. The van der Waals surface area contributed by atoms with Crippen LogP contribution >= 0.6 is 11.8 Å². The molecule has 1 aromatic heterocycles. The average Bonchev–Trinajstić information content (AvgIpc) is 2.86. The highest BCUT2D eigenvalue weighted by Crippen LogP contribution is 2.25. The third-order valence-electron chi connectivity index (χ3n) is 2.54. The number of hydrogen-bond donors (Lipinski definition) is 1. The Morgan fingerprint density at radius 1 is 1.11 bits per heavy atom. The number of nitrogens with one attached hydrogen (secondary N) is 1. The molecule has 0 bridgehead atoms. The third-order valence-corrected chi connectivity index (χ3v) is 3.55. The van der Waals surface area contributed by atoms with Gasteiger partial charge in [-0.15, -0.1) is 11.8 Å². The molecule has 0 radical (unpaired) electrons. The van der Waals surface area contributed by atoms with Crippen LogP contribution in [0.4, 0.5) is 8.78 Å². The number of benzene rings is 1. The fourth-order valence-corrected chi connectivity index (χ4v) is 2.38. The molecule has 1 N–H and O–H groups in total. The van der Waals surface area contributed by atoms with Crippen LogP contribution in [0.25, 0.3) is 0 Å². The predicted octanol–water partition coefficient (Wildman–Crippen LogP) is 3.96. The molecule has 0 aliphatic rings. The molecule has 0 amide bonds. The highest BCUT2D eigenvalue weighted by atomic mass is 32.2. The van der Waals surface area contributed by atoms with Gasteiger partial charge in [-0.2, -0.15) is 0 Å². The number of rotatable bonds is 6. The SMILES string of the molecule is CCNCc1ccc(CSc2ccc(F)c(F)c2)o1. The van der Waals surface area contributed by atoms with Crippen LogP contribution in [0.5, 0.6) is 0 Å². The van der Waals surface area contributed by atoms with Gasteiger partial charge in [0.25, 0.3) is 0 Å². The van der Waals surface area contributed by atoms with Crippen molar-refractivity contribution in [2.45, 2.75) is 24.1 Å². The van der Waals surface area contributed by atoms with Gasteiger partial charge in [-0.3, -0.25) is 0 Å². The van der Waals surface area contributed by atoms with Gasteiger partial charge in [0.1, 0.15) is 11.5 Å². The first-order valence-corrected chi connectivity index (χ1v) is 7.03. The average molecular weight is 283 g/mol. The van der Waals surface area contributed by atoms with Crippen molar-refractivity contribution >= 4 is 11.8 Å². The van der Waals surface area contributed by atoms with Crippen molar-refractivity contribution in [2.75, 3.05) is 6.54 Å². The van der Waals surface area contributed by atoms with E-state index in [2.05, 4.69) is 5.32 Å². The van der Waals surface area contributed by atoms with Crippen molar-refractivity contribution in [1.82, 2.24) is 5.32 Å². The van der Waals surface area contributed by atoms with Gasteiger partial charge < -0.3 is 9.73 Å². The van der Waals surface area contributed by atoms with Crippen molar-refractivity contribution in [1.29, 1.82) is 0 Å². The first kappa shape index (κ1) is 14.1. The standard InChI is InChI=1S/C14H15F2NOS/c1-2-17-8-10-3-4-11(18-10)9-19-12-5-6-13(15)14(16)7-12/h3-7,17H,2,8-9H2,1H3. The normalized spacial score (nSPS) is 10.9. The Morgan fingerprint density at radius 2 is 1.89 bits per heavy atom. The minimum atomic E-state index is -0.824. The van der Waals surface area contributed by atoms with E-state index in [0.717, 1.165) is 24.1 Å². The van der Waals surface area contributed by atoms with E-state index in [1.54, 1.807) is 6.07 Å². The summed E-state index contributed by atoms with van der Waals surface area (Å²) < 4.78 is 31.4. The van der Waals surface area contributed by atoms with Gasteiger partial charge >= 0.3 is 0 Å². The molecule has 102 valence electrons. The molecule has 0 unspecified atom stereocenters. The highest BCUT2D eigenvalue weighted by molar-refractivity contribution is 7.98. The minimum Gasteiger partial charge on any atom is -0.464 e. The molecule has 0 saturated carbocycles. The fraction of sp³-hybridized carbons (Fsp3) is 0.286. The zero-order valence-corrected chi connectivity index (χ0v) is 11.4. The minimum absolute atomic E-state index is 0.594. The van der Waals surface area contributed by atoms with Gasteiger partial charge in [0.15, 0.2) is 11.6 Å². The van der Waals surface area contributed by atoms with Crippen molar-refractivity contribution in [2.24, 2.45) is 0 Å². The van der Waals surface area contributed by atoms with Gasteiger partial charge in [0, 0.05) is 4.90 Å². The summed E-state index contributed by atoms with van der Waals surface area (Å²) in [6, 6.07) is 7.72. The van der Waals surface area contributed by atoms with Crippen LogP contribution < -0.4 is 5.32 Å². The third kappa shape index (κ3) is 4.08. The maximum absolute atomic E-state index is 13.0. The summed E-state index contributed by atoms with van der Waals surface area (Å²) >= 11 is 1.41. The maximum atomic E-state index is 13.0. The summed E-state index contributed by atoms with van der Waals surface area (Å²) in [5.41, 5.74) is 0. The van der Waals surface area contributed by atoms with Gasteiger partial charge in [-0.05, 0) is 36.9 Å². The van der Waals surface area contributed by atoms with E-state index in [1.807, 2.05) is 19.1 Å². The number of hydrogen-bond acceptors (Lipinski definition) is 3. The van der Waals surface area contributed by atoms with E-state index in [-0.39, 0.29) is 0 Å². The highest BCUT2D eigenvalue weighted by Gasteiger charge is 2.05. The molecule has 1 aromatic carbocycles. The molecule has 2 nitrogen and oxygen atoms in total. The van der Waals surface area contributed by atoms with E-state index in [9.17, 15) is 8.78 Å². The van der Waals surface area contributed by atoms with Crippen LogP contribution in [0, 0.1) is 11.6 Å². The Bertz CT molecular complexity index is 542. The molecule has 19 heavy (non-hydrogen) atoms. The monoisotopic (exact) mass is 283 g/mol. The van der Waals surface area contributed by atoms with Crippen molar-refractivity contribution in [3.8, 4) is 0 Å².